The van der Waals surface area contributed by atoms with E-state index in [9.17, 15) is 14.9 Å². The molecule has 6 heteroatoms. The molecule has 6 nitrogen and oxygen atoms in total. The number of hydrogen-bond acceptors (Lipinski definition) is 6. The summed E-state index contributed by atoms with van der Waals surface area (Å²) in [5, 5.41) is 12.3. The Bertz CT molecular complexity index is 1890. The maximum Gasteiger partial charge on any atom is 0.323 e. The fourth-order valence-corrected chi connectivity index (χ4v) is 8.60. The van der Waals surface area contributed by atoms with Crippen LogP contribution in [0.15, 0.2) is 84.9 Å². The molecule has 9 rings (SSSR count). The summed E-state index contributed by atoms with van der Waals surface area (Å²) in [4.78, 5) is 43.1. The van der Waals surface area contributed by atoms with Gasteiger partial charge in [-0.15, -0.1) is 0 Å². The number of rotatable bonds is 2. The Hall–Kier alpha value is -4.76. The number of nitrogens with zero attached hydrogens (tertiary/aromatic N) is 1. The van der Waals surface area contributed by atoms with E-state index in [1.165, 1.54) is 7.11 Å². The minimum Gasteiger partial charge on any atom is -0.473 e. The third kappa shape index (κ3) is 2.69. The Morgan fingerprint density at radius 1 is 0.951 bits per heavy atom. The van der Waals surface area contributed by atoms with E-state index in [0.717, 1.165) is 27.5 Å². The van der Waals surface area contributed by atoms with Crippen molar-refractivity contribution >= 4 is 28.3 Å². The molecule has 0 aromatic heterocycles. The molecule has 5 aliphatic rings. The van der Waals surface area contributed by atoms with Crippen molar-refractivity contribution in [2.75, 3.05) is 7.11 Å². The van der Waals surface area contributed by atoms with Crippen molar-refractivity contribution in [2.24, 2.45) is 11.8 Å². The predicted molar refractivity (Wildman–Crippen MR) is 149 cm³/mol. The Morgan fingerprint density at radius 3 is 2.44 bits per heavy atom. The van der Waals surface area contributed by atoms with Crippen LogP contribution in [0.4, 0.5) is 0 Å². The number of methoxy groups -OCH3 is 1. The van der Waals surface area contributed by atoms with Crippen LogP contribution in [0.2, 0.25) is 0 Å². The maximum absolute atomic E-state index is 15.4. The number of benzene rings is 4. The molecule has 4 aromatic rings. The van der Waals surface area contributed by atoms with Crippen LogP contribution < -0.4 is 4.74 Å². The van der Waals surface area contributed by atoms with Crippen molar-refractivity contribution in [3.05, 3.63) is 113 Å². The lowest BCUT2D eigenvalue weighted by atomic mass is 9.51. The molecule has 2 spiro atoms. The monoisotopic (exact) mass is 539 g/mol. The van der Waals surface area contributed by atoms with E-state index < -0.39 is 40.7 Å². The van der Waals surface area contributed by atoms with E-state index in [1.807, 2.05) is 84.9 Å². The molecule has 6 atom stereocenters. The first-order valence-electron chi connectivity index (χ1n) is 13.9. The molecule has 4 aromatic carbocycles. The van der Waals surface area contributed by atoms with Crippen LogP contribution in [0.5, 0.6) is 5.75 Å². The highest BCUT2D eigenvalue weighted by atomic mass is 16.5. The molecule has 0 saturated heterocycles. The Kier molecular flexibility index (Phi) is 4.78. The molecular formula is C35H25NO5. The lowest BCUT2D eigenvalue weighted by Gasteiger charge is -2.54. The van der Waals surface area contributed by atoms with E-state index in [0.29, 0.717) is 16.9 Å². The van der Waals surface area contributed by atoms with Gasteiger partial charge in [-0.1, -0.05) is 78.9 Å². The summed E-state index contributed by atoms with van der Waals surface area (Å²) in [5.74, 6) is -3.62. The van der Waals surface area contributed by atoms with Gasteiger partial charge in [0.1, 0.15) is 11.2 Å². The van der Waals surface area contributed by atoms with E-state index in [2.05, 4.69) is 6.07 Å². The zero-order chi connectivity index (χ0) is 28.1. The molecule has 4 bridgehead atoms. The minimum absolute atomic E-state index is 0.0852. The van der Waals surface area contributed by atoms with Gasteiger partial charge in [0.05, 0.1) is 13.2 Å². The number of ether oxygens (including phenoxy) is 2. The predicted octanol–water partition coefficient (Wildman–Crippen LogP) is 5.27. The normalized spacial score (nSPS) is 29.1. The van der Waals surface area contributed by atoms with Crippen LogP contribution in [-0.4, -0.2) is 24.6 Å². The minimum atomic E-state index is -1.57. The average Bonchev–Trinajstić information content (AvgIpc) is 3.10. The molecule has 1 fully saturated rings. The molecule has 0 radical (unpaired) electrons. The standard InChI is InChI=1S/C35H25NO5/c1-40-33(39)25(18-36)30-22-11-5-6-12-26(22)34-17-24-20-9-3-2-8-19(20)14-15-28(24)41-35(34)27-13-7-4-10-21(27)23(16-29(35)37)31(30)32(34)38/h2-15,23,25,30-31H,16-17H2,1H3/t23-,25?,30+,31+,34-,35+/m1/s1. The number of esters is 1. The average molecular weight is 540 g/mol. The number of ketones is 2. The van der Waals surface area contributed by atoms with Crippen molar-refractivity contribution in [3.8, 4) is 11.8 Å². The fourth-order valence-electron chi connectivity index (χ4n) is 8.60. The number of carbonyl (C=O) groups is 3. The quantitative estimate of drug-likeness (QED) is 0.322. The Labute approximate surface area is 236 Å². The molecule has 1 aliphatic heterocycles. The summed E-state index contributed by atoms with van der Waals surface area (Å²) in [5.41, 5.74) is 0.896. The summed E-state index contributed by atoms with van der Waals surface area (Å²) in [7, 11) is 1.26. The highest BCUT2D eigenvalue weighted by Crippen LogP contribution is 2.68. The number of nitriles is 1. The van der Waals surface area contributed by atoms with Crippen LogP contribution in [0.1, 0.15) is 46.1 Å². The zero-order valence-electron chi connectivity index (χ0n) is 22.3. The molecule has 0 amide bonds. The first-order valence-corrected chi connectivity index (χ1v) is 13.9. The van der Waals surface area contributed by atoms with Gasteiger partial charge < -0.3 is 9.47 Å². The zero-order valence-corrected chi connectivity index (χ0v) is 22.3. The van der Waals surface area contributed by atoms with E-state index in [-0.39, 0.29) is 24.4 Å². The number of Topliss-reactive ketones (excluding diaryl/α,β-unsaturated/α-hetero) is 2. The summed E-state index contributed by atoms with van der Waals surface area (Å²) in [6, 6.07) is 29.3. The second kappa shape index (κ2) is 8.14. The first kappa shape index (κ1) is 24.1. The van der Waals surface area contributed by atoms with Gasteiger partial charge in [-0.25, -0.2) is 0 Å². The second-order valence-electron chi connectivity index (χ2n) is 11.6. The van der Waals surface area contributed by atoms with Crippen LogP contribution in [0.3, 0.4) is 0 Å². The first-order chi connectivity index (χ1) is 20.0. The topological polar surface area (TPSA) is 93.5 Å². The van der Waals surface area contributed by atoms with Gasteiger partial charge in [0.15, 0.2) is 17.5 Å². The molecule has 0 N–H and O–H groups in total. The molecule has 1 saturated carbocycles. The van der Waals surface area contributed by atoms with Crippen molar-refractivity contribution in [1.29, 1.82) is 5.26 Å². The summed E-state index contributed by atoms with van der Waals surface area (Å²) >= 11 is 0. The van der Waals surface area contributed by atoms with E-state index >= 15 is 4.79 Å². The van der Waals surface area contributed by atoms with Crippen molar-refractivity contribution in [3.63, 3.8) is 0 Å². The van der Waals surface area contributed by atoms with Gasteiger partial charge in [-0.05, 0) is 39.9 Å². The van der Waals surface area contributed by atoms with Crippen LogP contribution in [0, 0.1) is 23.2 Å². The van der Waals surface area contributed by atoms with Gasteiger partial charge in [0, 0.05) is 35.3 Å². The van der Waals surface area contributed by atoms with Crippen molar-refractivity contribution in [2.45, 2.75) is 35.7 Å². The molecule has 200 valence electrons. The van der Waals surface area contributed by atoms with Crippen LogP contribution >= 0.6 is 0 Å². The molecule has 4 aliphatic carbocycles. The van der Waals surface area contributed by atoms with Gasteiger partial charge in [-0.2, -0.15) is 5.26 Å². The smallest absolute Gasteiger partial charge is 0.323 e. The lowest BCUT2D eigenvalue weighted by Crippen LogP contribution is -2.66. The highest BCUT2D eigenvalue weighted by Gasteiger charge is 2.75. The van der Waals surface area contributed by atoms with Crippen molar-refractivity contribution in [1.82, 2.24) is 0 Å². The molecular weight excluding hydrogens is 514 g/mol. The maximum atomic E-state index is 15.4. The summed E-state index contributed by atoms with van der Waals surface area (Å²) < 4.78 is 12.1. The third-order valence-corrected chi connectivity index (χ3v) is 10.1. The largest absolute Gasteiger partial charge is 0.473 e. The number of fused-ring (bicyclic) bond motifs is 5. The lowest BCUT2D eigenvalue weighted by molar-refractivity contribution is -0.155. The van der Waals surface area contributed by atoms with Gasteiger partial charge >= 0.3 is 5.97 Å². The number of carbonyl (C=O) groups excluding carboxylic acids is 3. The Morgan fingerprint density at radius 2 is 1.66 bits per heavy atom. The molecule has 1 heterocycles. The third-order valence-electron chi connectivity index (χ3n) is 10.1. The van der Waals surface area contributed by atoms with E-state index in [1.54, 1.807) is 0 Å². The number of hydrogen-bond donors (Lipinski definition) is 0. The van der Waals surface area contributed by atoms with Crippen LogP contribution in [0.25, 0.3) is 10.8 Å². The summed E-state index contributed by atoms with van der Waals surface area (Å²) in [6.45, 7) is 0. The fraction of sp³-hybridized carbons (Fsp3) is 0.257. The van der Waals surface area contributed by atoms with Gasteiger partial charge in [0.25, 0.3) is 0 Å². The van der Waals surface area contributed by atoms with Crippen molar-refractivity contribution < 1.29 is 23.9 Å². The molecule has 41 heavy (non-hydrogen) atoms. The highest BCUT2D eigenvalue weighted by molar-refractivity contribution is 6.10. The molecule has 1 unspecified atom stereocenters. The van der Waals surface area contributed by atoms with E-state index in [4.69, 9.17) is 9.47 Å². The van der Waals surface area contributed by atoms with Gasteiger partial charge in [0.2, 0.25) is 5.60 Å². The Balaban J connectivity index is 1.54. The SMILES string of the molecule is COC(=O)C(C#N)[C@@H]1c2ccccc2[C@@]23Cc4c(ccc5ccccc45)O[C@@]24C(=O)C[C@H](c2ccccc24)[C@@H]1C3=O. The second-order valence-corrected chi connectivity index (χ2v) is 11.6. The summed E-state index contributed by atoms with van der Waals surface area (Å²) in [6.07, 6.45) is 0.354. The van der Waals surface area contributed by atoms with Crippen LogP contribution in [-0.2, 0) is 36.6 Å². The van der Waals surface area contributed by atoms with Gasteiger partial charge in [-0.3, -0.25) is 14.4 Å².